The first-order valence-electron chi connectivity index (χ1n) is 12.6. The van der Waals surface area contributed by atoms with Crippen molar-refractivity contribution in [3.63, 3.8) is 0 Å². The fourth-order valence-corrected chi connectivity index (χ4v) is 6.07. The molecular weight excluding hydrogens is 452 g/mol. The highest BCUT2D eigenvalue weighted by atomic mass is 16.3. The Labute approximate surface area is 215 Å². The van der Waals surface area contributed by atoms with Crippen molar-refractivity contribution >= 4 is 27.3 Å². The van der Waals surface area contributed by atoms with Crippen LogP contribution in [-0.2, 0) is 5.60 Å². The van der Waals surface area contributed by atoms with Crippen LogP contribution in [0.4, 0.5) is 0 Å². The predicted octanol–water partition coefficient (Wildman–Crippen LogP) is 8.13. The quantitative estimate of drug-likeness (QED) is 0.240. The highest BCUT2D eigenvalue weighted by molar-refractivity contribution is 6.25. The number of hydrogen-bond acceptors (Lipinski definition) is 2. The largest absolute Gasteiger partial charge is 0.381 e. The first-order valence-corrected chi connectivity index (χ1v) is 12.6. The summed E-state index contributed by atoms with van der Waals surface area (Å²) >= 11 is 0. The molecule has 0 spiro atoms. The van der Waals surface area contributed by atoms with Gasteiger partial charge in [-0.1, -0.05) is 121 Å². The number of carbonyl (C=O) groups is 1. The monoisotopic (exact) mass is 476 g/mol. The summed E-state index contributed by atoms with van der Waals surface area (Å²) in [7, 11) is 0. The Bertz CT molecular complexity index is 1870. The fraction of sp³-hybridized carbons (Fsp3) is 0.0571. The minimum Gasteiger partial charge on any atom is -0.381 e. The highest BCUT2D eigenvalue weighted by Gasteiger charge is 2.34. The molecule has 0 bridgehead atoms. The maximum atomic E-state index is 12.5. The molecule has 0 heterocycles. The normalized spacial score (nSPS) is 16.5. The number of benzene rings is 6. The van der Waals surface area contributed by atoms with Gasteiger partial charge in [-0.25, -0.2) is 0 Å². The van der Waals surface area contributed by atoms with Crippen LogP contribution >= 0.6 is 0 Å². The van der Waals surface area contributed by atoms with Crippen molar-refractivity contribution in [1.29, 1.82) is 0 Å². The van der Waals surface area contributed by atoms with Crippen LogP contribution in [0.25, 0.3) is 43.8 Å². The third-order valence-electron chi connectivity index (χ3n) is 7.78. The third-order valence-corrected chi connectivity index (χ3v) is 7.78. The molecule has 0 fully saturated rings. The number of fused-ring (bicyclic) bond motifs is 4. The zero-order valence-corrected chi connectivity index (χ0v) is 20.4. The van der Waals surface area contributed by atoms with E-state index >= 15 is 0 Å². The average molecular weight is 477 g/mol. The summed E-state index contributed by atoms with van der Waals surface area (Å²) in [5, 5.41) is 15.6. The molecule has 6 aromatic rings. The van der Waals surface area contributed by atoms with Gasteiger partial charge >= 0.3 is 0 Å². The van der Waals surface area contributed by atoms with Crippen molar-refractivity contribution in [3.05, 3.63) is 144 Å². The van der Waals surface area contributed by atoms with E-state index in [0.717, 1.165) is 44.2 Å². The summed E-state index contributed by atoms with van der Waals surface area (Å²) in [6.45, 7) is 1.89. The molecule has 37 heavy (non-hydrogen) atoms. The van der Waals surface area contributed by atoms with Gasteiger partial charge < -0.3 is 5.11 Å². The summed E-state index contributed by atoms with van der Waals surface area (Å²) in [5.41, 5.74) is 7.26. The molecule has 1 unspecified atom stereocenters. The van der Waals surface area contributed by atoms with Gasteiger partial charge in [0.1, 0.15) is 5.60 Å². The van der Waals surface area contributed by atoms with Gasteiger partial charge in [0.2, 0.25) is 0 Å². The van der Waals surface area contributed by atoms with Gasteiger partial charge in [-0.15, -0.1) is 0 Å². The lowest BCUT2D eigenvalue weighted by Crippen LogP contribution is -2.26. The van der Waals surface area contributed by atoms with Crippen LogP contribution in [0.5, 0.6) is 0 Å². The lowest BCUT2D eigenvalue weighted by Gasteiger charge is -2.33. The lowest BCUT2D eigenvalue weighted by atomic mass is 9.75. The maximum absolute atomic E-state index is 12.5. The minimum absolute atomic E-state index is 0.134. The molecule has 8 rings (SSSR count). The molecule has 0 saturated heterocycles. The molecule has 2 aliphatic carbocycles. The molecule has 2 aliphatic rings. The van der Waals surface area contributed by atoms with Crippen LogP contribution in [0.15, 0.2) is 121 Å². The average Bonchev–Trinajstić information content (AvgIpc) is 2.95. The van der Waals surface area contributed by atoms with Gasteiger partial charge in [-0.2, -0.15) is 0 Å². The van der Waals surface area contributed by atoms with Crippen molar-refractivity contribution < 1.29 is 9.90 Å². The van der Waals surface area contributed by atoms with Crippen LogP contribution in [0.3, 0.4) is 0 Å². The van der Waals surface area contributed by atoms with Crippen molar-refractivity contribution in [3.8, 4) is 22.3 Å². The van der Waals surface area contributed by atoms with Gasteiger partial charge in [-0.3, -0.25) is 4.79 Å². The van der Waals surface area contributed by atoms with Crippen molar-refractivity contribution in [2.45, 2.75) is 12.5 Å². The van der Waals surface area contributed by atoms with E-state index < -0.39 is 5.60 Å². The second-order valence-electron chi connectivity index (χ2n) is 9.91. The molecule has 2 heteroatoms. The lowest BCUT2D eigenvalue weighted by molar-refractivity contribution is 0.103. The van der Waals surface area contributed by atoms with Gasteiger partial charge in [0.15, 0.2) is 5.78 Å². The summed E-state index contributed by atoms with van der Waals surface area (Å²) in [4.78, 5) is 12.5. The number of carbonyl (C=O) groups excluding carboxylic acids is 1. The Morgan fingerprint density at radius 1 is 0.459 bits per heavy atom. The number of rotatable bonds is 0. The van der Waals surface area contributed by atoms with Crippen molar-refractivity contribution in [2.24, 2.45) is 0 Å². The second kappa shape index (κ2) is 7.99. The maximum Gasteiger partial charge on any atom is 0.194 e. The van der Waals surface area contributed by atoms with E-state index in [-0.39, 0.29) is 5.78 Å². The highest BCUT2D eigenvalue weighted by Crippen LogP contribution is 2.47. The molecule has 0 amide bonds. The third kappa shape index (κ3) is 3.13. The topological polar surface area (TPSA) is 37.3 Å². The molecule has 2 nitrogen and oxygen atoms in total. The first kappa shape index (κ1) is 21.7. The van der Waals surface area contributed by atoms with Crippen LogP contribution in [0.2, 0.25) is 0 Å². The molecule has 0 radical (unpaired) electrons. The Morgan fingerprint density at radius 2 is 0.919 bits per heavy atom. The van der Waals surface area contributed by atoms with E-state index in [1.807, 2.05) is 79.7 Å². The number of hydrogen-bond donors (Lipinski definition) is 1. The van der Waals surface area contributed by atoms with Crippen molar-refractivity contribution in [2.75, 3.05) is 0 Å². The molecule has 1 atom stereocenters. The summed E-state index contributed by atoms with van der Waals surface area (Å²) in [6, 6.07) is 40.6. The minimum atomic E-state index is -0.926. The Kier molecular flexibility index (Phi) is 4.69. The SMILES string of the molecule is CC1(O)c2ccccc2-c2cccc3cccc1c23.O=C1c2ccccc2-c2cccc3cccc1c23. The van der Waals surface area contributed by atoms with Gasteiger partial charge in [0.05, 0.1) is 0 Å². The fourth-order valence-electron chi connectivity index (χ4n) is 6.07. The van der Waals surface area contributed by atoms with E-state index in [9.17, 15) is 9.90 Å². The summed E-state index contributed by atoms with van der Waals surface area (Å²) < 4.78 is 0. The smallest absolute Gasteiger partial charge is 0.194 e. The molecular formula is C35H24O2. The molecule has 0 aromatic heterocycles. The Balaban J connectivity index is 0.000000125. The Morgan fingerprint density at radius 3 is 1.62 bits per heavy atom. The second-order valence-corrected chi connectivity index (χ2v) is 9.91. The molecule has 1 N–H and O–H groups in total. The van der Waals surface area contributed by atoms with E-state index in [0.29, 0.717) is 0 Å². The van der Waals surface area contributed by atoms with Gasteiger partial charge in [-0.05, 0) is 56.5 Å². The van der Waals surface area contributed by atoms with Crippen LogP contribution < -0.4 is 0 Å². The zero-order valence-electron chi connectivity index (χ0n) is 20.4. The molecule has 0 saturated carbocycles. The first-order chi connectivity index (χ1) is 18.1. The molecule has 176 valence electrons. The van der Waals surface area contributed by atoms with Crippen molar-refractivity contribution in [1.82, 2.24) is 0 Å². The standard InChI is InChI=1S/C18H14O.C17H10O/c1-18(19)15-10-3-2-8-13(15)14-9-4-6-12-7-5-11-16(18)17(12)14;18-17-14-8-2-1-7-12(14)13-9-3-5-11-6-4-10-15(17)16(11)13/h2-11,19H,1H3;1-10H. The van der Waals surface area contributed by atoms with Gasteiger partial charge in [0, 0.05) is 16.5 Å². The zero-order chi connectivity index (χ0) is 25.1. The summed E-state index contributed by atoms with van der Waals surface area (Å²) in [5.74, 6) is 0.134. The van der Waals surface area contributed by atoms with E-state index in [1.54, 1.807) is 0 Å². The molecule has 0 aliphatic heterocycles. The predicted molar refractivity (Wildman–Crippen MR) is 151 cm³/mol. The number of ketones is 1. The molecule has 6 aromatic carbocycles. The van der Waals surface area contributed by atoms with Gasteiger partial charge in [0.25, 0.3) is 0 Å². The summed E-state index contributed by atoms with van der Waals surface area (Å²) in [6.07, 6.45) is 0. The van der Waals surface area contributed by atoms with E-state index in [2.05, 4.69) is 48.5 Å². The van der Waals surface area contributed by atoms with Crippen LogP contribution in [0, 0.1) is 0 Å². The number of aliphatic hydroxyl groups is 1. The Hall–Kier alpha value is -4.53. The van der Waals surface area contributed by atoms with E-state index in [1.165, 1.54) is 21.9 Å². The van der Waals surface area contributed by atoms with Crippen LogP contribution in [-0.4, -0.2) is 10.9 Å². The van der Waals surface area contributed by atoms with Crippen LogP contribution in [0.1, 0.15) is 34.0 Å². The van der Waals surface area contributed by atoms with E-state index in [4.69, 9.17) is 0 Å².